The van der Waals surface area contributed by atoms with Gasteiger partial charge in [-0.1, -0.05) is 0 Å². The van der Waals surface area contributed by atoms with E-state index in [9.17, 15) is 9.59 Å². The molecule has 1 N–H and O–H groups in total. The Hall–Kier alpha value is -1.89. The lowest BCUT2D eigenvalue weighted by atomic mass is 10.4. The fraction of sp³-hybridized carbons (Fsp3) is 0.545. The Kier molecular flexibility index (Phi) is 3.61. The first-order valence-corrected chi connectivity index (χ1v) is 5.71. The zero-order valence-corrected chi connectivity index (χ0v) is 10.1. The number of carboxylic acids is 1. The summed E-state index contributed by atoms with van der Waals surface area (Å²) in [4.78, 5) is 28.8. The van der Waals surface area contributed by atoms with Gasteiger partial charge in [0.05, 0.1) is 13.2 Å². The fourth-order valence-electron chi connectivity index (χ4n) is 1.89. The number of aliphatic carboxylic acids is 1. The van der Waals surface area contributed by atoms with Crippen LogP contribution in [0.5, 0.6) is 0 Å². The van der Waals surface area contributed by atoms with Crippen LogP contribution in [0.4, 0.5) is 5.95 Å². The van der Waals surface area contributed by atoms with Crippen molar-refractivity contribution in [2.75, 3.05) is 31.2 Å². The number of hydrogen-bond donors (Lipinski definition) is 1. The Morgan fingerprint density at radius 1 is 1.50 bits per heavy atom. The van der Waals surface area contributed by atoms with Gasteiger partial charge in [0, 0.05) is 24.8 Å². The number of hydrogen-bond acceptors (Lipinski definition) is 5. The van der Waals surface area contributed by atoms with Gasteiger partial charge in [-0.15, -0.1) is 0 Å². The summed E-state index contributed by atoms with van der Waals surface area (Å²) in [5.41, 5.74) is 0.245. The van der Waals surface area contributed by atoms with Gasteiger partial charge in [-0.2, -0.15) is 0 Å². The predicted molar refractivity (Wildman–Crippen MR) is 63.9 cm³/mol. The minimum atomic E-state index is -1.06. The summed E-state index contributed by atoms with van der Waals surface area (Å²) in [7, 11) is 0. The fourth-order valence-corrected chi connectivity index (χ4v) is 1.89. The van der Waals surface area contributed by atoms with Crippen LogP contribution in [0.1, 0.15) is 5.69 Å². The van der Waals surface area contributed by atoms with Crippen molar-refractivity contribution >= 4 is 11.9 Å². The summed E-state index contributed by atoms with van der Waals surface area (Å²) in [6, 6.07) is 1.34. The number of aromatic nitrogens is 2. The lowest BCUT2D eigenvalue weighted by Gasteiger charge is -2.29. The summed E-state index contributed by atoms with van der Waals surface area (Å²) in [5, 5.41) is 8.85. The van der Waals surface area contributed by atoms with E-state index in [1.807, 2.05) is 4.90 Å². The molecule has 98 valence electrons. The molecule has 1 fully saturated rings. The van der Waals surface area contributed by atoms with Gasteiger partial charge in [0.2, 0.25) is 5.95 Å². The molecule has 0 aliphatic carbocycles. The van der Waals surface area contributed by atoms with Crippen LogP contribution in [0, 0.1) is 6.92 Å². The molecule has 2 heterocycles. The van der Waals surface area contributed by atoms with E-state index >= 15 is 0 Å². The highest BCUT2D eigenvalue weighted by atomic mass is 16.5. The maximum absolute atomic E-state index is 11.8. The third-order valence-corrected chi connectivity index (χ3v) is 2.70. The van der Waals surface area contributed by atoms with Crippen molar-refractivity contribution in [1.82, 2.24) is 9.55 Å². The molecule has 1 aromatic rings. The largest absolute Gasteiger partial charge is 0.480 e. The molecule has 1 aliphatic rings. The van der Waals surface area contributed by atoms with Crippen LogP contribution in [-0.4, -0.2) is 46.9 Å². The zero-order chi connectivity index (χ0) is 13.1. The van der Waals surface area contributed by atoms with E-state index in [0.717, 1.165) is 0 Å². The molecule has 2 rings (SSSR count). The molecule has 1 saturated heterocycles. The smallest absolute Gasteiger partial charge is 0.323 e. The summed E-state index contributed by atoms with van der Waals surface area (Å²) < 4.78 is 6.41. The maximum atomic E-state index is 11.8. The maximum Gasteiger partial charge on any atom is 0.323 e. The summed E-state index contributed by atoms with van der Waals surface area (Å²) in [5.74, 6) is -0.650. The van der Waals surface area contributed by atoms with Gasteiger partial charge in [0.1, 0.15) is 6.54 Å². The summed E-state index contributed by atoms with van der Waals surface area (Å²) in [6.45, 7) is 3.66. The van der Waals surface area contributed by atoms with E-state index in [1.165, 1.54) is 10.6 Å². The van der Waals surface area contributed by atoms with Crippen molar-refractivity contribution in [3.05, 3.63) is 22.1 Å². The molecule has 0 saturated carbocycles. The first-order chi connectivity index (χ1) is 8.58. The molecule has 7 heteroatoms. The predicted octanol–water partition coefficient (Wildman–Crippen LogP) is -0.527. The second-order valence-electron chi connectivity index (χ2n) is 4.12. The average molecular weight is 253 g/mol. The van der Waals surface area contributed by atoms with Gasteiger partial charge in [0.15, 0.2) is 0 Å². The highest BCUT2D eigenvalue weighted by Crippen LogP contribution is 2.11. The number of carbonyl (C=O) groups is 1. The second-order valence-corrected chi connectivity index (χ2v) is 4.12. The van der Waals surface area contributed by atoms with E-state index in [0.29, 0.717) is 37.9 Å². The first kappa shape index (κ1) is 12.6. The lowest BCUT2D eigenvalue weighted by Crippen LogP contribution is -2.41. The van der Waals surface area contributed by atoms with Crippen LogP contribution in [0.2, 0.25) is 0 Å². The van der Waals surface area contributed by atoms with Crippen molar-refractivity contribution in [2.45, 2.75) is 13.5 Å². The molecule has 0 unspecified atom stereocenters. The number of morpholine rings is 1. The molecule has 0 aromatic carbocycles. The molecule has 0 amide bonds. The average Bonchev–Trinajstić information content (AvgIpc) is 2.33. The third-order valence-electron chi connectivity index (χ3n) is 2.70. The Morgan fingerprint density at radius 3 is 2.78 bits per heavy atom. The van der Waals surface area contributed by atoms with E-state index in [2.05, 4.69) is 4.98 Å². The van der Waals surface area contributed by atoms with Crippen LogP contribution in [0.3, 0.4) is 0 Å². The normalized spacial score (nSPS) is 15.7. The minimum Gasteiger partial charge on any atom is -0.480 e. The van der Waals surface area contributed by atoms with Crippen LogP contribution in [0.25, 0.3) is 0 Å². The molecule has 1 aliphatic heterocycles. The van der Waals surface area contributed by atoms with Crippen LogP contribution < -0.4 is 10.5 Å². The Labute approximate surface area is 104 Å². The Bertz CT molecular complexity index is 506. The third kappa shape index (κ3) is 2.67. The van der Waals surface area contributed by atoms with Crippen molar-refractivity contribution in [3.8, 4) is 0 Å². The Morgan fingerprint density at radius 2 is 2.17 bits per heavy atom. The molecule has 0 radical (unpaired) electrons. The highest BCUT2D eigenvalue weighted by Gasteiger charge is 2.18. The molecular weight excluding hydrogens is 238 g/mol. The molecule has 7 nitrogen and oxygen atoms in total. The number of ether oxygens (including phenoxy) is 1. The molecule has 18 heavy (non-hydrogen) atoms. The monoisotopic (exact) mass is 253 g/mol. The van der Waals surface area contributed by atoms with Gasteiger partial charge in [-0.3, -0.25) is 14.2 Å². The van der Waals surface area contributed by atoms with E-state index in [4.69, 9.17) is 9.84 Å². The van der Waals surface area contributed by atoms with E-state index in [-0.39, 0.29) is 12.1 Å². The van der Waals surface area contributed by atoms with Crippen LogP contribution >= 0.6 is 0 Å². The van der Waals surface area contributed by atoms with Gasteiger partial charge in [-0.05, 0) is 6.92 Å². The van der Waals surface area contributed by atoms with Crippen molar-refractivity contribution in [3.63, 3.8) is 0 Å². The van der Waals surface area contributed by atoms with Gasteiger partial charge in [0.25, 0.3) is 5.56 Å². The number of carboxylic acid groups (broad SMARTS) is 1. The molecule has 0 bridgehead atoms. The Balaban J connectivity index is 2.42. The van der Waals surface area contributed by atoms with Gasteiger partial charge >= 0.3 is 5.97 Å². The van der Waals surface area contributed by atoms with Crippen molar-refractivity contribution in [1.29, 1.82) is 0 Å². The number of rotatable bonds is 3. The van der Waals surface area contributed by atoms with Crippen LogP contribution in [0.15, 0.2) is 10.9 Å². The number of nitrogens with zero attached hydrogens (tertiary/aromatic N) is 3. The summed E-state index contributed by atoms with van der Waals surface area (Å²) in [6.07, 6.45) is 0. The first-order valence-electron chi connectivity index (χ1n) is 5.71. The lowest BCUT2D eigenvalue weighted by molar-refractivity contribution is -0.137. The van der Waals surface area contributed by atoms with Gasteiger partial charge < -0.3 is 14.7 Å². The van der Waals surface area contributed by atoms with E-state index < -0.39 is 5.97 Å². The van der Waals surface area contributed by atoms with Crippen molar-refractivity contribution in [2.24, 2.45) is 0 Å². The standard InChI is InChI=1S/C11H15N3O4/c1-8-6-9(15)14(7-10(16)17)11(12-8)13-2-4-18-5-3-13/h6H,2-5,7H2,1H3,(H,16,17). The quantitative estimate of drug-likeness (QED) is 0.779. The van der Waals surface area contributed by atoms with Crippen LogP contribution in [-0.2, 0) is 16.1 Å². The highest BCUT2D eigenvalue weighted by molar-refractivity contribution is 5.67. The number of anilines is 1. The molecular formula is C11H15N3O4. The zero-order valence-electron chi connectivity index (χ0n) is 10.1. The van der Waals surface area contributed by atoms with Gasteiger partial charge in [-0.25, -0.2) is 4.98 Å². The second kappa shape index (κ2) is 5.18. The number of aryl methyl sites for hydroxylation is 1. The minimum absolute atomic E-state index is 0.341. The summed E-state index contributed by atoms with van der Waals surface area (Å²) >= 11 is 0. The molecule has 1 aromatic heterocycles. The molecule has 0 spiro atoms. The van der Waals surface area contributed by atoms with E-state index in [1.54, 1.807) is 6.92 Å². The SMILES string of the molecule is Cc1cc(=O)n(CC(=O)O)c(N2CCOCC2)n1. The van der Waals surface area contributed by atoms with Crippen molar-refractivity contribution < 1.29 is 14.6 Å². The topological polar surface area (TPSA) is 84.7 Å². The molecule has 0 atom stereocenters.